The fourth-order valence-corrected chi connectivity index (χ4v) is 20.5. The van der Waals surface area contributed by atoms with Crippen molar-refractivity contribution < 1.29 is 95.1 Å². The molecule has 23 heteroatoms. The SMILES string of the molecule is C=CCO[C@@]1(C)C[C@H](C)C(=O)[C@H](C)[C@H]2NC(=O)O[C@]2(C)[C@@H](CC)OC(=O)[C@H](C)[C@@H](O[C@H]2CC(C)(C)[C@@H](C)[C@H](C)O2)[C@H](C)[C@H]1OC1O[C@H](C)C[C@H](C)[C@H]1C.CC[C@H]1OC(=O)[C@H](C)[C@@H](O[C@H]2CC(C)(C)[C@@H](C)[C@H](C)O2)[C@H](C)[C@@H](OC2O[C@H](C)C[C@H](C)[C@H]2C)[C@@](C)(OC/C=C/c2cnc3ccccc3c2)C[C@H](C)C(=O)[C@H](C)[C@H]2NC(=O)O[C@@]21C. The predicted molar refractivity (Wildman–Crippen MR) is 444 cm³/mol. The van der Waals surface area contributed by atoms with Crippen LogP contribution in [0.4, 0.5) is 9.59 Å². The normalized spacial score (nSPS) is 44.1. The molecule has 23 nitrogen and oxygen atoms in total. The molecule has 1 aromatic heterocycles. The van der Waals surface area contributed by atoms with Crippen LogP contribution in [0.5, 0.6) is 0 Å². The average Bonchev–Trinajstić information content (AvgIpc) is 0.806. The van der Waals surface area contributed by atoms with Gasteiger partial charge in [0.15, 0.2) is 36.4 Å². The number of hydrogen-bond donors (Lipinski definition) is 2. The highest BCUT2D eigenvalue weighted by atomic mass is 16.7. The van der Waals surface area contributed by atoms with Crippen molar-refractivity contribution in [1.29, 1.82) is 0 Å². The van der Waals surface area contributed by atoms with E-state index in [1.807, 2.05) is 119 Å². The number of aromatic nitrogens is 1. The largest absolute Gasteiger partial charge is 0.458 e. The summed E-state index contributed by atoms with van der Waals surface area (Å²) in [6.45, 7) is 60.9. The third-order valence-electron chi connectivity index (χ3n) is 29.1. The van der Waals surface area contributed by atoms with Crippen molar-refractivity contribution in [3.63, 3.8) is 0 Å². The van der Waals surface area contributed by atoms with Crippen molar-refractivity contribution in [3.8, 4) is 0 Å². The lowest BCUT2D eigenvalue weighted by atomic mass is 9.72. The lowest BCUT2D eigenvalue weighted by molar-refractivity contribution is -0.304. The van der Waals surface area contributed by atoms with Crippen molar-refractivity contribution in [1.82, 2.24) is 15.6 Å². The van der Waals surface area contributed by atoms with E-state index < -0.39 is 168 Å². The predicted octanol–water partition coefficient (Wildman–Crippen LogP) is 17.3. The van der Waals surface area contributed by atoms with Crippen molar-refractivity contribution in [2.45, 2.75) is 366 Å². The number of fused-ring (bicyclic) bond motifs is 3. The van der Waals surface area contributed by atoms with Crippen LogP contribution in [0.2, 0.25) is 0 Å². The molecule has 654 valence electrons. The number of esters is 2. The minimum Gasteiger partial charge on any atom is -0.458 e. The van der Waals surface area contributed by atoms with E-state index in [2.05, 4.69) is 125 Å². The molecule has 2 aromatic rings. The van der Waals surface area contributed by atoms with Gasteiger partial charge in [0.05, 0.1) is 103 Å². The minimum atomic E-state index is -1.32. The van der Waals surface area contributed by atoms with Crippen LogP contribution in [0.25, 0.3) is 17.0 Å². The second-order valence-corrected chi connectivity index (χ2v) is 38.9. The summed E-state index contributed by atoms with van der Waals surface area (Å²) in [4.78, 5) is 89.0. The molecule has 10 rings (SSSR count). The first kappa shape index (κ1) is 94.4. The van der Waals surface area contributed by atoms with Crippen molar-refractivity contribution in [3.05, 3.63) is 60.8 Å². The molecule has 8 aliphatic rings. The summed E-state index contributed by atoms with van der Waals surface area (Å²) >= 11 is 0. The van der Waals surface area contributed by atoms with E-state index in [1.54, 1.807) is 26.8 Å². The standard InChI is InChI=1S/C51H76N2O10.C42H71NO10/c1-15-40-51(14)44(53-48(56)63-51)32(6)42(54)29(3)25-50(13,57-22-18-19-37-24-38-20-16-17-21-39(38)52-27-37)45(62-47-31(5)28(2)23-30(4)58-47)33(7)43(34(8)46(55)60-40)61-41-26-49(11,12)35(9)36(10)59-41;1-16-18-47-41(14)20-23(4)33(44)26(7)35-42(15,53-39(46)43-35)31(17-2)50-37(45)28(9)34(51-32-21-40(12,13)29(10)30(11)49-32)27(8)36(41)52-38-25(6)22(3)19-24(5)48-38/h16-21,24,27-36,40-41,43-45,47H,15,22-23,25-26H2,1-14H3,(H,53,56);16,22-32,34-36,38H,1,17-21H2,2-15H3,(H,43,46)/b19-18+;/t28-,29-,30+,31+,32-,33-,34+,35-,36-,40+,41-,43-,44+,45+,47?,50-,51+;22-,23-,24+,25+,26-,27-,28+,29-,30-,31+,32-,34-,35+,36+,38?,41-,42+/m00/s1. The number of rotatable bonds is 17. The molecule has 9 heterocycles. The van der Waals surface area contributed by atoms with Gasteiger partial charge in [0.2, 0.25) is 0 Å². The molecule has 0 radical (unpaired) electrons. The zero-order chi connectivity index (χ0) is 86.0. The molecule has 34 atom stereocenters. The minimum absolute atomic E-state index is 0.0202. The van der Waals surface area contributed by atoms with Gasteiger partial charge in [0.1, 0.15) is 23.8 Å². The summed E-state index contributed by atoms with van der Waals surface area (Å²) in [6, 6.07) is 8.57. The van der Waals surface area contributed by atoms with Crippen LogP contribution in [-0.4, -0.2) is 175 Å². The fraction of sp³-hybridized carbons (Fsp3) is 0.796. The number of nitrogens with zero attached hydrogens (tertiary/aromatic N) is 1. The smallest absolute Gasteiger partial charge is 0.408 e. The van der Waals surface area contributed by atoms with Gasteiger partial charge in [-0.3, -0.25) is 24.2 Å². The summed E-state index contributed by atoms with van der Waals surface area (Å²) in [5, 5.41) is 6.83. The monoisotopic (exact) mass is 1630 g/mol. The van der Waals surface area contributed by atoms with Crippen LogP contribution in [0, 0.1) is 93.7 Å². The van der Waals surface area contributed by atoms with Gasteiger partial charge in [0, 0.05) is 71.8 Å². The first-order valence-corrected chi connectivity index (χ1v) is 43.8. The Hall–Kier alpha value is -5.47. The van der Waals surface area contributed by atoms with E-state index in [1.165, 1.54) is 0 Å². The van der Waals surface area contributed by atoms with E-state index in [0.717, 1.165) is 29.3 Å². The molecule has 0 bridgehead atoms. The van der Waals surface area contributed by atoms with Gasteiger partial charge in [0.25, 0.3) is 0 Å². The molecule has 8 saturated heterocycles. The van der Waals surface area contributed by atoms with Crippen LogP contribution in [0.3, 0.4) is 0 Å². The van der Waals surface area contributed by atoms with Crippen LogP contribution in [0.1, 0.15) is 251 Å². The number of ketones is 2. The Labute approximate surface area is 693 Å². The van der Waals surface area contributed by atoms with Crippen molar-refractivity contribution in [2.75, 3.05) is 13.2 Å². The van der Waals surface area contributed by atoms with Crippen LogP contribution in [0.15, 0.2) is 55.3 Å². The molecular weight excluding hydrogens is 1480 g/mol. The highest BCUT2D eigenvalue weighted by Gasteiger charge is 2.61. The molecule has 1 aromatic carbocycles. The number of nitrogens with one attached hydrogen (secondary N) is 2. The van der Waals surface area contributed by atoms with Gasteiger partial charge >= 0.3 is 24.1 Å². The molecule has 2 amide bonds. The first-order chi connectivity index (χ1) is 54.2. The third-order valence-corrected chi connectivity index (χ3v) is 29.1. The fourth-order valence-electron chi connectivity index (χ4n) is 20.5. The highest BCUT2D eigenvalue weighted by molar-refractivity contribution is 5.86. The topological polar surface area (TPSA) is 269 Å². The number of pyridine rings is 1. The molecular formula is C93H147N3O20. The molecule has 8 aliphatic heterocycles. The number of alkyl carbamates (subject to hydrolysis) is 2. The average molecular weight is 1630 g/mol. The number of carbonyl (C=O) groups is 6. The Morgan fingerprint density at radius 1 is 0.509 bits per heavy atom. The third kappa shape index (κ3) is 20.8. The van der Waals surface area contributed by atoms with Crippen LogP contribution >= 0.6 is 0 Å². The van der Waals surface area contributed by atoms with Crippen LogP contribution in [-0.2, 0) is 85.5 Å². The van der Waals surface area contributed by atoms with Crippen molar-refractivity contribution in [2.24, 2.45) is 93.7 Å². The zero-order valence-electron chi connectivity index (χ0n) is 75.4. The summed E-state index contributed by atoms with van der Waals surface area (Å²) in [6.07, 6.45) is 3.07. The van der Waals surface area contributed by atoms with Gasteiger partial charge in [-0.15, -0.1) is 6.58 Å². The van der Waals surface area contributed by atoms with Gasteiger partial charge in [-0.2, -0.15) is 0 Å². The Balaban J connectivity index is 0.000000269. The van der Waals surface area contributed by atoms with Gasteiger partial charge in [-0.25, -0.2) is 9.59 Å². The maximum absolute atomic E-state index is 14.8. The molecule has 8 fully saturated rings. The van der Waals surface area contributed by atoms with E-state index in [9.17, 15) is 28.8 Å². The molecule has 2 N–H and O–H groups in total. The Kier molecular flexibility index (Phi) is 31.2. The molecule has 116 heavy (non-hydrogen) atoms. The zero-order valence-corrected chi connectivity index (χ0v) is 75.4. The van der Waals surface area contributed by atoms with Gasteiger partial charge < -0.3 is 76.9 Å². The van der Waals surface area contributed by atoms with Gasteiger partial charge in [-0.05, 0) is 160 Å². The van der Waals surface area contributed by atoms with Crippen molar-refractivity contribution >= 4 is 52.7 Å². The van der Waals surface area contributed by atoms with Crippen LogP contribution < -0.4 is 10.6 Å². The second kappa shape index (κ2) is 38.3. The summed E-state index contributed by atoms with van der Waals surface area (Å²) in [7, 11) is 0. The lowest BCUT2D eigenvalue weighted by Crippen LogP contribution is -2.59. The maximum Gasteiger partial charge on any atom is 0.408 e. The number of benzene rings is 1. The molecule has 0 spiro atoms. The Morgan fingerprint density at radius 3 is 1.31 bits per heavy atom. The number of hydrogen-bond acceptors (Lipinski definition) is 21. The number of para-hydroxylation sites is 1. The van der Waals surface area contributed by atoms with E-state index in [4.69, 9.17) is 66.3 Å². The summed E-state index contributed by atoms with van der Waals surface area (Å²) in [5.41, 5.74) is -3.20. The number of ether oxygens (including phenoxy) is 14. The van der Waals surface area contributed by atoms with E-state index in [0.29, 0.717) is 37.5 Å². The number of carbonyl (C=O) groups excluding carboxylic acids is 6. The second-order valence-electron chi connectivity index (χ2n) is 38.9. The molecule has 0 saturated carbocycles. The molecule has 0 aliphatic carbocycles. The maximum atomic E-state index is 14.8. The summed E-state index contributed by atoms with van der Waals surface area (Å²) < 4.78 is 93.2. The first-order valence-electron chi connectivity index (χ1n) is 43.8. The Bertz CT molecular complexity index is 3720. The number of cyclic esters (lactones) is 2. The number of amides is 2. The Morgan fingerprint density at radius 2 is 0.914 bits per heavy atom. The van der Waals surface area contributed by atoms with E-state index in [-0.39, 0.29) is 96.5 Å². The van der Waals surface area contributed by atoms with E-state index >= 15 is 0 Å². The highest BCUT2D eigenvalue weighted by Crippen LogP contribution is 2.50. The number of Topliss-reactive ketones (excluding diaryl/α,β-unsaturated/α-hetero) is 2. The lowest BCUT2D eigenvalue weighted by Gasteiger charge is -2.50. The van der Waals surface area contributed by atoms with Gasteiger partial charge in [-0.1, -0.05) is 161 Å². The molecule has 2 unspecified atom stereocenters. The summed E-state index contributed by atoms with van der Waals surface area (Å²) in [5.74, 6) is -4.97. The quantitative estimate of drug-likeness (QED) is 0.0846.